The van der Waals surface area contributed by atoms with Crippen LogP contribution in [0.3, 0.4) is 0 Å². The fourth-order valence-corrected chi connectivity index (χ4v) is 2.53. The van der Waals surface area contributed by atoms with Crippen molar-refractivity contribution < 1.29 is 4.79 Å². The van der Waals surface area contributed by atoms with Gasteiger partial charge < -0.3 is 16.4 Å². The monoisotopic (exact) mass is 268 g/mol. The summed E-state index contributed by atoms with van der Waals surface area (Å²) in [5, 5.41) is 0. The largest absolute Gasteiger partial charge is 0.399 e. The van der Waals surface area contributed by atoms with Crippen LogP contribution in [0.2, 0.25) is 0 Å². The molecule has 0 radical (unpaired) electrons. The lowest BCUT2D eigenvalue weighted by Crippen LogP contribution is -2.18. The smallest absolute Gasteiger partial charge is 0.248 e. The van der Waals surface area contributed by atoms with Crippen LogP contribution in [-0.4, -0.2) is 10.9 Å². The minimum atomic E-state index is -0.433. The molecule has 2 heterocycles. The van der Waals surface area contributed by atoms with Gasteiger partial charge in [0.15, 0.2) is 0 Å². The van der Waals surface area contributed by atoms with E-state index in [1.807, 2.05) is 25.1 Å². The molecule has 0 saturated carbocycles. The first-order valence-electron chi connectivity index (χ1n) is 6.43. The number of aryl methyl sites for hydroxylation is 1. The average molecular weight is 268 g/mol. The number of nitrogens with zero attached hydrogens (tertiary/aromatic N) is 2. The normalized spacial score (nSPS) is 13.3. The number of hydrogen-bond donors (Lipinski definition) is 2. The first kappa shape index (κ1) is 12.5. The second kappa shape index (κ2) is 4.52. The molecule has 0 unspecified atom stereocenters. The van der Waals surface area contributed by atoms with Gasteiger partial charge in [-0.05, 0) is 42.3 Å². The van der Waals surface area contributed by atoms with Crippen LogP contribution in [-0.2, 0) is 13.1 Å². The minimum absolute atomic E-state index is 0.433. The van der Waals surface area contributed by atoms with Crippen LogP contribution in [0.5, 0.6) is 0 Å². The van der Waals surface area contributed by atoms with Crippen LogP contribution < -0.4 is 16.4 Å². The molecule has 1 aliphatic rings. The van der Waals surface area contributed by atoms with Crippen LogP contribution >= 0.6 is 0 Å². The Kier molecular flexibility index (Phi) is 2.82. The van der Waals surface area contributed by atoms with Crippen LogP contribution in [0.25, 0.3) is 0 Å². The van der Waals surface area contributed by atoms with E-state index < -0.39 is 5.91 Å². The van der Waals surface area contributed by atoms with Crippen LogP contribution in [0, 0.1) is 6.92 Å². The molecule has 0 bridgehead atoms. The van der Waals surface area contributed by atoms with E-state index in [9.17, 15) is 4.79 Å². The Morgan fingerprint density at radius 2 is 1.95 bits per heavy atom. The number of benzene rings is 1. The lowest BCUT2D eigenvalue weighted by molar-refractivity contribution is 0.1000. The number of anilines is 2. The highest BCUT2D eigenvalue weighted by Gasteiger charge is 2.21. The van der Waals surface area contributed by atoms with E-state index in [0.29, 0.717) is 5.56 Å². The van der Waals surface area contributed by atoms with Crippen LogP contribution in [0.15, 0.2) is 30.3 Å². The zero-order valence-electron chi connectivity index (χ0n) is 11.3. The molecule has 1 aliphatic heterocycles. The van der Waals surface area contributed by atoms with Gasteiger partial charge in [0.1, 0.15) is 5.82 Å². The van der Waals surface area contributed by atoms with E-state index in [0.717, 1.165) is 30.3 Å². The maximum atomic E-state index is 11.3. The molecule has 3 rings (SSSR count). The molecule has 1 amide bonds. The maximum Gasteiger partial charge on any atom is 0.248 e. The van der Waals surface area contributed by atoms with Crippen molar-refractivity contribution in [2.24, 2.45) is 5.73 Å². The summed E-state index contributed by atoms with van der Waals surface area (Å²) < 4.78 is 0. The fraction of sp³-hybridized carbons (Fsp3) is 0.200. The number of aromatic nitrogens is 1. The number of fused-ring (bicyclic) bond motifs is 1. The molecule has 0 saturated heterocycles. The van der Waals surface area contributed by atoms with Crippen molar-refractivity contribution in [3.8, 4) is 0 Å². The highest BCUT2D eigenvalue weighted by Crippen LogP contribution is 2.29. The van der Waals surface area contributed by atoms with Gasteiger partial charge in [-0.25, -0.2) is 4.98 Å². The molecule has 20 heavy (non-hydrogen) atoms. The third-order valence-electron chi connectivity index (χ3n) is 3.50. The third-order valence-corrected chi connectivity index (χ3v) is 3.50. The van der Waals surface area contributed by atoms with Crippen LogP contribution in [0.4, 0.5) is 11.5 Å². The summed E-state index contributed by atoms with van der Waals surface area (Å²) in [6.07, 6.45) is 0. The standard InChI is InChI=1S/C15H16N4O/c1-9-4-11(15(17)20)6-14(18-9)19-7-10-2-3-13(16)5-12(10)8-19/h2-6H,7-8,16H2,1H3,(H2,17,20). The van der Waals surface area contributed by atoms with Crippen LogP contribution in [0.1, 0.15) is 27.2 Å². The first-order chi connectivity index (χ1) is 9.52. The van der Waals surface area contributed by atoms with Crippen molar-refractivity contribution in [2.75, 3.05) is 10.6 Å². The molecule has 5 nitrogen and oxygen atoms in total. The second-order valence-electron chi connectivity index (χ2n) is 5.10. The molecule has 102 valence electrons. The zero-order valence-corrected chi connectivity index (χ0v) is 11.3. The van der Waals surface area contributed by atoms with Crippen molar-refractivity contribution in [3.05, 3.63) is 52.7 Å². The number of nitrogen functional groups attached to an aromatic ring is 1. The highest BCUT2D eigenvalue weighted by atomic mass is 16.1. The Hall–Kier alpha value is -2.56. The maximum absolute atomic E-state index is 11.3. The number of nitrogens with two attached hydrogens (primary N) is 2. The Balaban J connectivity index is 1.94. The average Bonchev–Trinajstić information content (AvgIpc) is 2.80. The van der Waals surface area contributed by atoms with E-state index >= 15 is 0 Å². The molecule has 4 N–H and O–H groups in total. The molecule has 2 aromatic rings. The summed E-state index contributed by atoms with van der Waals surface area (Å²) in [5.41, 5.74) is 15.6. The second-order valence-corrected chi connectivity index (χ2v) is 5.10. The molecular formula is C15H16N4O. The topological polar surface area (TPSA) is 85.2 Å². The number of rotatable bonds is 2. The molecule has 0 spiro atoms. The van der Waals surface area contributed by atoms with Gasteiger partial charge >= 0.3 is 0 Å². The van der Waals surface area contributed by atoms with Gasteiger partial charge in [0.2, 0.25) is 5.91 Å². The molecule has 0 aliphatic carbocycles. The van der Waals surface area contributed by atoms with E-state index in [1.165, 1.54) is 11.1 Å². The van der Waals surface area contributed by atoms with Gasteiger partial charge in [-0.15, -0.1) is 0 Å². The summed E-state index contributed by atoms with van der Waals surface area (Å²) in [4.78, 5) is 17.9. The third kappa shape index (κ3) is 2.18. The molecule has 5 heteroatoms. The molecule has 1 aromatic carbocycles. The van der Waals surface area contributed by atoms with Crippen molar-refractivity contribution in [2.45, 2.75) is 20.0 Å². The summed E-state index contributed by atoms with van der Waals surface area (Å²) in [6, 6.07) is 9.37. The lowest BCUT2D eigenvalue weighted by Gasteiger charge is -2.17. The van der Waals surface area contributed by atoms with E-state index in [4.69, 9.17) is 11.5 Å². The first-order valence-corrected chi connectivity index (χ1v) is 6.43. The molecular weight excluding hydrogens is 252 g/mol. The predicted octanol–water partition coefficient (Wildman–Crippen LogP) is 1.59. The summed E-state index contributed by atoms with van der Waals surface area (Å²) in [7, 11) is 0. The Bertz CT molecular complexity index is 696. The van der Waals surface area contributed by atoms with Gasteiger partial charge in [-0.1, -0.05) is 6.07 Å². The van der Waals surface area contributed by atoms with Gasteiger partial charge in [-0.2, -0.15) is 0 Å². The SMILES string of the molecule is Cc1cc(C(N)=O)cc(N2Cc3ccc(N)cc3C2)n1. The number of primary amides is 1. The van der Waals surface area contributed by atoms with Gasteiger partial charge in [0, 0.05) is 30.0 Å². The number of pyridine rings is 1. The van der Waals surface area contributed by atoms with E-state index in [1.54, 1.807) is 12.1 Å². The van der Waals surface area contributed by atoms with E-state index in [2.05, 4.69) is 9.88 Å². The highest BCUT2D eigenvalue weighted by molar-refractivity contribution is 5.93. The van der Waals surface area contributed by atoms with Crippen molar-refractivity contribution in [1.82, 2.24) is 4.98 Å². The Morgan fingerprint density at radius 3 is 2.70 bits per heavy atom. The Labute approximate surface area is 117 Å². The lowest BCUT2D eigenvalue weighted by atomic mass is 10.1. The predicted molar refractivity (Wildman–Crippen MR) is 78.2 cm³/mol. The van der Waals surface area contributed by atoms with Gasteiger partial charge in [0.25, 0.3) is 0 Å². The number of hydrogen-bond acceptors (Lipinski definition) is 4. The van der Waals surface area contributed by atoms with Gasteiger partial charge in [0.05, 0.1) is 0 Å². The number of carbonyl (C=O) groups excluding carboxylic acids is 1. The summed E-state index contributed by atoms with van der Waals surface area (Å²) >= 11 is 0. The number of amides is 1. The van der Waals surface area contributed by atoms with Crippen molar-refractivity contribution in [3.63, 3.8) is 0 Å². The van der Waals surface area contributed by atoms with Crippen molar-refractivity contribution in [1.29, 1.82) is 0 Å². The molecule has 0 atom stereocenters. The summed E-state index contributed by atoms with van der Waals surface area (Å²) in [6.45, 7) is 3.37. The minimum Gasteiger partial charge on any atom is -0.399 e. The number of carbonyl (C=O) groups is 1. The zero-order chi connectivity index (χ0) is 14.3. The molecule has 0 fully saturated rings. The summed E-state index contributed by atoms with van der Waals surface area (Å²) in [5.74, 6) is 0.339. The molecule has 1 aromatic heterocycles. The quantitative estimate of drug-likeness (QED) is 0.810. The van der Waals surface area contributed by atoms with Crippen molar-refractivity contribution >= 4 is 17.4 Å². The fourth-order valence-electron chi connectivity index (χ4n) is 2.53. The Morgan fingerprint density at radius 1 is 1.20 bits per heavy atom. The van der Waals surface area contributed by atoms with Gasteiger partial charge in [-0.3, -0.25) is 4.79 Å². The van der Waals surface area contributed by atoms with E-state index in [-0.39, 0.29) is 0 Å².